The third kappa shape index (κ3) is 2.38. The lowest BCUT2D eigenvalue weighted by Crippen LogP contribution is -2.24. The SMILES string of the molecule is CCc1ccc2c(c1)NCC(c1ccc(F)cn1)O2. The lowest BCUT2D eigenvalue weighted by molar-refractivity contribution is 0.205. The van der Waals surface area contributed by atoms with E-state index in [1.54, 1.807) is 6.07 Å². The lowest BCUT2D eigenvalue weighted by atomic mass is 10.1. The number of benzene rings is 1. The van der Waals surface area contributed by atoms with Gasteiger partial charge in [0.25, 0.3) is 0 Å². The van der Waals surface area contributed by atoms with Crippen LogP contribution >= 0.6 is 0 Å². The molecule has 0 saturated heterocycles. The van der Waals surface area contributed by atoms with Gasteiger partial charge in [0.2, 0.25) is 0 Å². The Hall–Kier alpha value is -2.10. The molecule has 1 aliphatic heterocycles. The van der Waals surface area contributed by atoms with Crippen LogP contribution in [0.3, 0.4) is 0 Å². The molecule has 1 aliphatic rings. The molecule has 0 amide bonds. The molecular weight excluding hydrogens is 243 g/mol. The molecule has 3 rings (SSSR count). The van der Waals surface area contributed by atoms with Crippen LogP contribution in [0.5, 0.6) is 5.75 Å². The van der Waals surface area contributed by atoms with Crippen LogP contribution in [0.15, 0.2) is 36.5 Å². The Morgan fingerprint density at radius 3 is 3.00 bits per heavy atom. The van der Waals surface area contributed by atoms with E-state index in [2.05, 4.69) is 29.4 Å². The number of rotatable bonds is 2. The van der Waals surface area contributed by atoms with Crippen molar-refractivity contribution in [1.29, 1.82) is 0 Å². The first-order valence-electron chi connectivity index (χ1n) is 6.41. The molecule has 4 heteroatoms. The Morgan fingerprint density at radius 1 is 1.37 bits per heavy atom. The van der Waals surface area contributed by atoms with Crippen molar-refractivity contribution >= 4 is 5.69 Å². The first-order valence-corrected chi connectivity index (χ1v) is 6.41. The number of nitrogens with zero attached hydrogens (tertiary/aromatic N) is 1. The monoisotopic (exact) mass is 258 g/mol. The van der Waals surface area contributed by atoms with Crippen molar-refractivity contribution in [3.05, 3.63) is 53.6 Å². The number of halogens is 1. The number of nitrogens with one attached hydrogen (secondary N) is 1. The zero-order chi connectivity index (χ0) is 13.2. The summed E-state index contributed by atoms with van der Waals surface area (Å²) in [5.41, 5.74) is 3.02. The van der Waals surface area contributed by atoms with Crippen molar-refractivity contribution in [2.24, 2.45) is 0 Å². The summed E-state index contributed by atoms with van der Waals surface area (Å²) in [6.07, 6.45) is 2.03. The summed E-state index contributed by atoms with van der Waals surface area (Å²) in [6, 6.07) is 9.19. The molecule has 1 aromatic heterocycles. The normalized spacial score (nSPS) is 17.3. The fraction of sp³-hybridized carbons (Fsp3) is 0.267. The molecule has 0 fully saturated rings. The van der Waals surface area contributed by atoms with Crippen molar-refractivity contribution in [2.75, 3.05) is 11.9 Å². The summed E-state index contributed by atoms with van der Waals surface area (Å²) in [5.74, 6) is 0.486. The molecule has 1 atom stereocenters. The Bertz CT molecular complexity index is 583. The molecule has 0 radical (unpaired) electrons. The van der Waals surface area contributed by atoms with Gasteiger partial charge in [-0.1, -0.05) is 13.0 Å². The molecule has 0 spiro atoms. The fourth-order valence-electron chi connectivity index (χ4n) is 2.18. The van der Waals surface area contributed by atoms with Crippen LogP contribution in [0.25, 0.3) is 0 Å². The molecule has 19 heavy (non-hydrogen) atoms. The van der Waals surface area contributed by atoms with Gasteiger partial charge in [-0.15, -0.1) is 0 Å². The highest BCUT2D eigenvalue weighted by molar-refractivity contribution is 5.59. The second kappa shape index (κ2) is 4.88. The summed E-state index contributed by atoms with van der Waals surface area (Å²) in [5, 5.41) is 3.34. The van der Waals surface area contributed by atoms with Gasteiger partial charge in [0.05, 0.1) is 24.1 Å². The smallest absolute Gasteiger partial charge is 0.158 e. The Morgan fingerprint density at radius 2 is 2.26 bits per heavy atom. The third-order valence-electron chi connectivity index (χ3n) is 3.28. The summed E-state index contributed by atoms with van der Waals surface area (Å²) in [6.45, 7) is 2.76. The topological polar surface area (TPSA) is 34.2 Å². The first-order chi connectivity index (χ1) is 9.26. The number of anilines is 1. The predicted molar refractivity (Wildman–Crippen MR) is 71.9 cm³/mol. The number of hydrogen-bond acceptors (Lipinski definition) is 3. The van der Waals surface area contributed by atoms with Crippen LogP contribution in [0, 0.1) is 5.82 Å². The molecule has 0 bridgehead atoms. The third-order valence-corrected chi connectivity index (χ3v) is 3.28. The zero-order valence-corrected chi connectivity index (χ0v) is 10.7. The second-order valence-electron chi connectivity index (χ2n) is 4.57. The van der Waals surface area contributed by atoms with Gasteiger partial charge in [-0.05, 0) is 36.2 Å². The zero-order valence-electron chi connectivity index (χ0n) is 10.7. The summed E-state index contributed by atoms with van der Waals surface area (Å²) < 4.78 is 18.8. The average molecular weight is 258 g/mol. The van der Waals surface area contributed by atoms with E-state index in [1.807, 2.05) is 6.07 Å². The van der Waals surface area contributed by atoms with E-state index in [0.29, 0.717) is 6.54 Å². The van der Waals surface area contributed by atoms with Gasteiger partial charge in [0, 0.05) is 0 Å². The van der Waals surface area contributed by atoms with Gasteiger partial charge in [-0.3, -0.25) is 4.98 Å². The standard InChI is InChI=1S/C15H15FN2O/c1-2-10-3-6-14-13(7-10)18-9-15(19-14)12-5-4-11(16)8-17-12/h3-8,15,18H,2,9H2,1H3. The number of ether oxygens (including phenoxy) is 1. The molecule has 1 aromatic carbocycles. The summed E-state index contributed by atoms with van der Waals surface area (Å²) in [4.78, 5) is 4.07. The van der Waals surface area contributed by atoms with Crippen molar-refractivity contribution in [2.45, 2.75) is 19.4 Å². The number of aryl methyl sites for hydroxylation is 1. The van der Waals surface area contributed by atoms with E-state index in [4.69, 9.17) is 4.74 Å². The number of aromatic nitrogens is 1. The van der Waals surface area contributed by atoms with E-state index in [1.165, 1.54) is 17.8 Å². The Balaban J connectivity index is 1.84. The van der Waals surface area contributed by atoms with Crippen molar-refractivity contribution in [3.63, 3.8) is 0 Å². The maximum atomic E-state index is 12.9. The van der Waals surface area contributed by atoms with E-state index in [0.717, 1.165) is 23.6 Å². The van der Waals surface area contributed by atoms with Crippen LogP contribution in [-0.4, -0.2) is 11.5 Å². The lowest BCUT2D eigenvalue weighted by Gasteiger charge is -2.27. The molecule has 1 N–H and O–H groups in total. The van der Waals surface area contributed by atoms with Gasteiger partial charge in [-0.25, -0.2) is 4.39 Å². The molecule has 2 aromatic rings. The molecule has 1 unspecified atom stereocenters. The molecule has 0 saturated carbocycles. The van der Waals surface area contributed by atoms with E-state index >= 15 is 0 Å². The second-order valence-corrected chi connectivity index (χ2v) is 4.57. The molecule has 2 heterocycles. The maximum absolute atomic E-state index is 12.9. The minimum atomic E-state index is -0.333. The van der Waals surface area contributed by atoms with Crippen molar-refractivity contribution in [3.8, 4) is 5.75 Å². The van der Waals surface area contributed by atoms with E-state index < -0.39 is 0 Å². The van der Waals surface area contributed by atoms with Gasteiger partial charge < -0.3 is 10.1 Å². The van der Waals surface area contributed by atoms with Crippen molar-refractivity contribution < 1.29 is 9.13 Å². The highest BCUT2D eigenvalue weighted by atomic mass is 19.1. The quantitative estimate of drug-likeness (QED) is 0.897. The van der Waals surface area contributed by atoms with E-state index in [9.17, 15) is 4.39 Å². The van der Waals surface area contributed by atoms with Crippen LogP contribution in [0.4, 0.5) is 10.1 Å². The van der Waals surface area contributed by atoms with Crippen molar-refractivity contribution in [1.82, 2.24) is 4.98 Å². The molecule has 3 nitrogen and oxygen atoms in total. The van der Waals surface area contributed by atoms with Gasteiger partial charge in [0.1, 0.15) is 11.6 Å². The molecule has 0 aliphatic carbocycles. The fourth-order valence-corrected chi connectivity index (χ4v) is 2.18. The Labute approximate surface area is 111 Å². The minimum Gasteiger partial charge on any atom is -0.480 e. The van der Waals surface area contributed by atoms with Crippen LogP contribution in [0.2, 0.25) is 0 Å². The maximum Gasteiger partial charge on any atom is 0.158 e. The molecular formula is C15H15FN2O. The largest absolute Gasteiger partial charge is 0.480 e. The van der Waals surface area contributed by atoms with Crippen LogP contribution in [0.1, 0.15) is 24.3 Å². The average Bonchev–Trinajstić information content (AvgIpc) is 2.47. The predicted octanol–water partition coefficient (Wildman–Crippen LogP) is 3.33. The number of fused-ring (bicyclic) bond motifs is 1. The summed E-state index contributed by atoms with van der Waals surface area (Å²) >= 11 is 0. The van der Waals surface area contributed by atoms with Gasteiger partial charge in [0.15, 0.2) is 6.10 Å². The first kappa shape index (κ1) is 12.0. The highest BCUT2D eigenvalue weighted by Gasteiger charge is 2.21. The van der Waals surface area contributed by atoms with E-state index in [-0.39, 0.29) is 11.9 Å². The Kier molecular flexibility index (Phi) is 3.07. The summed E-state index contributed by atoms with van der Waals surface area (Å²) in [7, 11) is 0. The highest BCUT2D eigenvalue weighted by Crippen LogP contribution is 2.34. The van der Waals surface area contributed by atoms with Gasteiger partial charge >= 0.3 is 0 Å². The minimum absolute atomic E-state index is 0.180. The van der Waals surface area contributed by atoms with Gasteiger partial charge in [-0.2, -0.15) is 0 Å². The number of hydrogen-bond donors (Lipinski definition) is 1. The van der Waals surface area contributed by atoms with Crippen LogP contribution in [-0.2, 0) is 6.42 Å². The van der Waals surface area contributed by atoms with Crippen LogP contribution < -0.4 is 10.1 Å². The number of pyridine rings is 1. The molecule has 98 valence electrons.